The summed E-state index contributed by atoms with van der Waals surface area (Å²) in [6, 6.07) is 8.51. The zero-order valence-corrected chi connectivity index (χ0v) is 17.3. The number of hydrogen-bond acceptors (Lipinski definition) is 6. The molecule has 1 amide bonds. The van der Waals surface area contributed by atoms with Gasteiger partial charge in [0.15, 0.2) is 5.76 Å². The maximum absolute atomic E-state index is 12.8. The number of carbonyl (C=O) groups is 1. The summed E-state index contributed by atoms with van der Waals surface area (Å²) >= 11 is 0. The van der Waals surface area contributed by atoms with Crippen molar-refractivity contribution in [1.82, 2.24) is 19.8 Å². The van der Waals surface area contributed by atoms with E-state index < -0.39 is 10.0 Å². The highest BCUT2D eigenvalue weighted by Crippen LogP contribution is 2.29. The van der Waals surface area contributed by atoms with E-state index in [-0.39, 0.29) is 34.4 Å². The number of benzene rings is 1. The number of hydrogen-bond donors (Lipinski definition) is 2. The largest absolute Gasteiger partial charge is 0.496 e. The van der Waals surface area contributed by atoms with Crippen LogP contribution in [0.3, 0.4) is 0 Å². The minimum atomic E-state index is -3.86. The Morgan fingerprint density at radius 1 is 1.31 bits per heavy atom. The average Bonchev–Trinajstić information content (AvgIpc) is 3.32. The lowest BCUT2D eigenvalue weighted by molar-refractivity contribution is 0.0828. The zero-order chi connectivity index (χ0) is 21.2. The molecule has 2 aromatic heterocycles. The van der Waals surface area contributed by atoms with Crippen molar-refractivity contribution in [3.63, 3.8) is 0 Å². The standard InChI is InChI=1S/C19H22N4O5S/c1-12-17(29(25,26)21-10-13-7-5-6-8-15(13)27-4)9-16(28-12)18-14(11-20-22-18)19(24)23(2)3/h5-9,11,21H,10H2,1-4H3,(H,20,22). The number of sulfonamides is 1. The van der Waals surface area contributed by atoms with E-state index in [1.165, 1.54) is 24.3 Å². The molecule has 154 valence electrons. The third-order valence-electron chi connectivity index (χ3n) is 4.33. The summed E-state index contributed by atoms with van der Waals surface area (Å²) in [6.07, 6.45) is 1.38. The van der Waals surface area contributed by atoms with Gasteiger partial charge < -0.3 is 14.1 Å². The first-order valence-corrected chi connectivity index (χ1v) is 10.2. The molecule has 0 saturated carbocycles. The van der Waals surface area contributed by atoms with Crippen molar-refractivity contribution in [1.29, 1.82) is 0 Å². The van der Waals surface area contributed by atoms with Gasteiger partial charge in [-0.2, -0.15) is 5.10 Å². The fourth-order valence-electron chi connectivity index (χ4n) is 2.83. The molecular formula is C19H22N4O5S. The predicted octanol–water partition coefficient (Wildman–Crippen LogP) is 2.17. The summed E-state index contributed by atoms with van der Waals surface area (Å²) in [5.41, 5.74) is 1.31. The average molecular weight is 418 g/mol. The van der Waals surface area contributed by atoms with Crippen LogP contribution in [0.15, 0.2) is 45.8 Å². The van der Waals surface area contributed by atoms with Crippen LogP contribution in [0.1, 0.15) is 21.7 Å². The second-order valence-corrected chi connectivity index (χ2v) is 8.26. The van der Waals surface area contributed by atoms with Crippen LogP contribution in [0.5, 0.6) is 5.75 Å². The summed E-state index contributed by atoms with van der Waals surface area (Å²) in [5, 5.41) is 6.59. The Balaban J connectivity index is 1.88. The van der Waals surface area contributed by atoms with Gasteiger partial charge in [-0.1, -0.05) is 18.2 Å². The van der Waals surface area contributed by atoms with Gasteiger partial charge in [-0.3, -0.25) is 9.89 Å². The predicted molar refractivity (Wildman–Crippen MR) is 106 cm³/mol. The van der Waals surface area contributed by atoms with Crippen molar-refractivity contribution >= 4 is 15.9 Å². The summed E-state index contributed by atoms with van der Waals surface area (Å²) in [4.78, 5) is 13.7. The number of para-hydroxylation sites is 1. The van der Waals surface area contributed by atoms with Gasteiger partial charge in [0.25, 0.3) is 5.91 Å². The summed E-state index contributed by atoms with van der Waals surface area (Å²) in [6.45, 7) is 1.60. The van der Waals surface area contributed by atoms with E-state index in [4.69, 9.17) is 9.15 Å². The molecule has 0 unspecified atom stereocenters. The zero-order valence-electron chi connectivity index (χ0n) is 16.5. The Bertz CT molecular complexity index is 1130. The first-order valence-electron chi connectivity index (χ1n) is 8.72. The number of nitrogens with zero attached hydrogens (tertiary/aromatic N) is 2. The Morgan fingerprint density at radius 2 is 2.03 bits per heavy atom. The maximum atomic E-state index is 12.8. The fourth-order valence-corrected chi connectivity index (χ4v) is 4.02. The molecule has 10 heteroatoms. The van der Waals surface area contributed by atoms with E-state index in [2.05, 4.69) is 14.9 Å². The minimum absolute atomic E-state index is 0.0137. The molecule has 1 aromatic carbocycles. The third kappa shape index (κ3) is 4.17. The van der Waals surface area contributed by atoms with Gasteiger partial charge >= 0.3 is 0 Å². The number of H-pyrrole nitrogens is 1. The molecule has 2 heterocycles. The molecule has 0 fully saturated rings. The topological polar surface area (TPSA) is 118 Å². The van der Waals surface area contributed by atoms with Gasteiger partial charge in [0.1, 0.15) is 22.1 Å². The molecule has 0 bridgehead atoms. The van der Waals surface area contributed by atoms with Gasteiger partial charge in [-0.25, -0.2) is 13.1 Å². The molecule has 0 aliphatic rings. The lowest BCUT2D eigenvalue weighted by Crippen LogP contribution is -2.23. The van der Waals surface area contributed by atoms with Crippen LogP contribution >= 0.6 is 0 Å². The third-order valence-corrected chi connectivity index (χ3v) is 5.84. The monoisotopic (exact) mass is 418 g/mol. The molecule has 0 aliphatic heterocycles. The number of furan rings is 1. The Hall–Kier alpha value is -3.11. The number of aromatic nitrogens is 2. The van der Waals surface area contributed by atoms with E-state index in [0.29, 0.717) is 17.0 Å². The molecule has 0 aliphatic carbocycles. The molecule has 3 rings (SSSR count). The smallest absolute Gasteiger partial charge is 0.257 e. The van der Waals surface area contributed by atoms with E-state index in [1.807, 2.05) is 0 Å². The lowest BCUT2D eigenvalue weighted by Gasteiger charge is -2.09. The molecule has 0 radical (unpaired) electrons. The summed E-state index contributed by atoms with van der Waals surface area (Å²) in [5.74, 6) is 0.721. The molecule has 3 aromatic rings. The molecule has 9 nitrogen and oxygen atoms in total. The maximum Gasteiger partial charge on any atom is 0.257 e. The van der Waals surface area contributed by atoms with Crippen LogP contribution in [0, 0.1) is 6.92 Å². The van der Waals surface area contributed by atoms with E-state index in [9.17, 15) is 13.2 Å². The first-order chi connectivity index (χ1) is 13.7. The number of ether oxygens (including phenoxy) is 1. The van der Waals surface area contributed by atoms with Crippen molar-refractivity contribution in [3.05, 3.63) is 53.4 Å². The normalized spacial score (nSPS) is 11.4. The molecular weight excluding hydrogens is 396 g/mol. The highest BCUT2D eigenvalue weighted by atomic mass is 32.2. The number of aromatic amines is 1. The van der Waals surface area contributed by atoms with Gasteiger partial charge in [-0.15, -0.1) is 0 Å². The van der Waals surface area contributed by atoms with Gasteiger partial charge in [0, 0.05) is 32.3 Å². The number of amides is 1. The van der Waals surface area contributed by atoms with Gasteiger partial charge in [0.05, 0.1) is 18.9 Å². The van der Waals surface area contributed by atoms with Crippen molar-refractivity contribution < 1.29 is 22.4 Å². The molecule has 0 spiro atoms. The Kier molecular flexibility index (Phi) is 5.76. The second kappa shape index (κ2) is 8.10. The van der Waals surface area contributed by atoms with E-state index >= 15 is 0 Å². The summed E-state index contributed by atoms with van der Waals surface area (Å²) < 4.78 is 39.1. The number of rotatable bonds is 7. The first kappa shape index (κ1) is 20.6. The number of methoxy groups -OCH3 is 1. The van der Waals surface area contributed by atoms with Crippen molar-refractivity contribution in [2.24, 2.45) is 0 Å². The lowest BCUT2D eigenvalue weighted by atomic mass is 10.2. The highest BCUT2D eigenvalue weighted by molar-refractivity contribution is 7.89. The SMILES string of the molecule is COc1ccccc1CNS(=O)(=O)c1cc(-c2[nH]ncc2C(=O)N(C)C)oc1C. The van der Waals surface area contributed by atoms with Crippen LogP contribution in [0.2, 0.25) is 0 Å². The van der Waals surface area contributed by atoms with Crippen LogP contribution in [-0.4, -0.2) is 50.6 Å². The molecule has 0 atom stereocenters. The van der Waals surface area contributed by atoms with Crippen molar-refractivity contribution in [2.45, 2.75) is 18.4 Å². The quantitative estimate of drug-likeness (QED) is 0.607. The van der Waals surface area contributed by atoms with Crippen molar-refractivity contribution in [3.8, 4) is 17.2 Å². The van der Waals surface area contributed by atoms with Gasteiger partial charge in [0.2, 0.25) is 10.0 Å². The van der Waals surface area contributed by atoms with Crippen LogP contribution in [-0.2, 0) is 16.6 Å². The molecule has 2 N–H and O–H groups in total. The number of carbonyl (C=O) groups excluding carboxylic acids is 1. The van der Waals surface area contributed by atoms with Crippen LogP contribution in [0.25, 0.3) is 11.5 Å². The minimum Gasteiger partial charge on any atom is -0.496 e. The second-order valence-electron chi connectivity index (χ2n) is 6.53. The van der Waals surface area contributed by atoms with E-state index in [0.717, 1.165) is 0 Å². The Morgan fingerprint density at radius 3 is 2.72 bits per heavy atom. The Labute approximate surface area is 168 Å². The van der Waals surface area contributed by atoms with Crippen LogP contribution < -0.4 is 9.46 Å². The molecule has 0 saturated heterocycles. The molecule has 29 heavy (non-hydrogen) atoms. The number of nitrogens with one attached hydrogen (secondary N) is 2. The fraction of sp³-hybridized carbons (Fsp3) is 0.263. The number of aryl methyl sites for hydroxylation is 1. The van der Waals surface area contributed by atoms with Gasteiger partial charge in [-0.05, 0) is 13.0 Å². The summed E-state index contributed by atoms with van der Waals surface area (Å²) in [7, 11) is 0.892. The van der Waals surface area contributed by atoms with E-state index in [1.54, 1.807) is 45.3 Å². The van der Waals surface area contributed by atoms with Crippen LogP contribution in [0.4, 0.5) is 0 Å². The van der Waals surface area contributed by atoms with Crippen molar-refractivity contribution in [2.75, 3.05) is 21.2 Å². The highest BCUT2D eigenvalue weighted by Gasteiger charge is 2.25.